The van der Waals surface area contributed by atoms with Crippen LogP contribution in [-0.2, 0) is 13.6 Å². The summed E-state index contributed by atoms with van der Waals surface area (Å²) in [5.74, 6) is -0.000877. The van der Waals surface area contributed by atoms with E-state index in [9.17, 15) is 4.79 Å². The van der Waals surface area contributed by atoms with Gasteiger partial charge in [-0.05, 0) is 13.0 Å². The molecule has 0 radical (unpaired) electrons. The highest BCUT2D eigenvalue weighted by molar-refractivity contribution is 6.03. The van der Waals surface area contributed by atoms with Crippen LogP contribution in [0.2, 0.25) is 0 Å². The van der Waals surface area contributed by atoms with Gasteiger partial charge in [0.15, 0.2) is 5.78 Å². The van der Waals surface area contributed by atoms with E-state index in [4.69, 9.17) is 10.5 Å². The Balaban J connectivity index is 2.60. The second kappa shape index (κ2) is 5.42. The van der Waals surface area contributed by atoms with Crippen LogP contribution in [0.3, 0.4) is 0 Å². The normalized spacial score (nSPS) is 10.8. The Morgan fingerprint density at radius 2 is 2.20 bits per heavy atom. The Labute approximate surface area is 117 Å². The third-order valence-corrected chi connectivity index (χ3v) is 3.25. The Bertz CT molecular complexity index is 667. The number of hydrogen-bond donors (Lipinski definition) is 2. The van der Waals surface area contributed by atoms with Gasteiger partial charge in [0.25, 0.3) is 0 Å². The maximum absolute atomic E-state index is 11.6. The number of nitrogens with one attached hydrogen (secondary N) is 1. The maximum atomic E-state index is 11.6. The number of aliphatic hydroxyl groups excluding tert-OH is 1. The molecular weight excluding hydrogens is 256 g/mol. The lowest BCUT2D eigenvalue weighted by Crippen LogP contribution is -2.07. The molecule has 0 atom stereocenters. The molecule has 0 aromatic carbocycles. The van der Waals surface area contributed by atoms with Crippen molar-refractivity contribution >= 4 is 11.5 Å². The highest BCUT2D eigenvalue weighted by Crippen LogP contribution is 2.25. The molecule has 0 saturated heterocycles. The number of carbonyl (C=O) groups excluding carboxylic acids is 1. The van der Waals surface area contributed by atoms with Gasteiger partial charge >= 0.3 is 0 Å². The lowest BCUT2D eigenvalue weighted by Gasteiger charge is -2.04. The average molecular weight is 274 g/mol. The molecule has 2 aromatic rings. The van der Waals surface area contributed by atoms with E-state index < -0.39 is 0 Å². The van der Waals surface area contributed by atoms with Gasteiger partial charge in [0, 0.05) is 32.3 Å². The number of imidazole rings is 1. The number of rotatable bonds is 5. The molecule has 0 aliphatic carbocycles. The molecule has 106 valence electrons. The van der Waals surface area contributed by atoms with Crippen LogP contribution in [0.4, 0.5) is 0 Å². The zero-order chi connectivity index (χ0) is 14.9. The fraction of sp³-hybridized carbons (Fsp3) is 0.357. The van der Waals surface area contributed by atoms with Gasteiger partial charge in [-0.15, -0.1) is 0 Å². The van der Waals surface area contributed by atoms with Crippen molar-refractivity contribution in [2.45, 2.75) is 20.4 Å². The Morgan fingerprint density at radius 3 is 2.70 bits per heavy atom. The molecule has 20 heavy (non-hydrogen) atoms. The van der Waals surface area contributed by atoms with E-state index in [1.807, 2.05) is 24.7 Å². The van der Waals surface area contributed by atoms with Crippen LogP contribution < -0.4 is 0 Å². The molecule has 0 aliphatic heterocycles. The molecule has 0 spiro atoms. The number of aryl methyl sites for hydroxylation is 2. The van der Waals surface area contributed by atoms with Crippen molar-refractivity contribution in [3.05, 3.63) is 30.0 Å². The smallest absolute Gasteiger partial charge is 0.176 e. The molecule has 6 nitrogen and oxygen atoms in total. The second-order valence-corrected chi connectivity index (χ2v) is 4.65. The van der Waals surface area contributed by atoms with E-state index in [1.54, 1.807) is 17.0 Å². The monoisotopic (exact) mass is 274 g/mol. The predicted octanol–water partition coefficient (Wildman–Crippen LogP) is 1.47. The first-order valence-corrected chi connectivity index (χ1v) is 6.41. The standard InChI is InChI=1S/C14H18N4O2/c1-4-18-6-10(5-12(18)9(2)20)14-13(11(15)7-19)16-8-17(14)3/h5-6,8,15,19H,4,7H2,1-3H3. The minimum atomic E-state index is -0.363. The third-order valence-electron chi connectivity index (χ3n) is 3.25. The first-order valence-electron chi connectivity index (χ1n) is 6.41. The van der Waals surface area contributed by atoms with Crippen LogP contribution in [-0.4, -0.2) is 37.3 Å². The summed E-state index contributed by atoms with van der Waals surface area (Å²) < 4.78 is 3.66. The number of carbonyl (C=O) groups is 1. The number of hydrogen-bond acceptors (Lipinski definition) is 4. The molecule has 0 saturated carbocycles. The van der Waals surface area contributed by atoms with E-state index >= 15 is 0 Å². The van der Waals surface area contributed by atoms with E-state index in [2.05, 4.69) is 4.98 Å². The highest BCUT2D eigenvalue weighted by atomic mass is 16.3. The van der Waals surface area contributed by atoms with Gasteiger partial charge in [-0.3, -0.25) is 4.79 Å². The van der Waals surface area contributed by atoms with E-state index in [1.165, 1.54) is 6.92 Å². The second-order valence-electron chi connectivity index (χ2n) is 4.65. The van der Waals surface area contributed by atoms with Crippen molar-refractivity contribution in [1.29, 1.82) is 5.41 Å². The first kappa shape index (κ1) is 14.2. The van der Waals surface area contributed by atoms with Crippen molar-refractivity contribution in [3.63, 3.8) is 0 Å². The van der Waals surface area contributed by atoms with Crippen LogP contribution in [0, 0.1) is 5.41 Å². The summed E-state index contributed by atoms with van der Waals surface area (Å²) in [7, 11) is 1.83. The molecule has 2 heterocycles. The number of nitrogens with zero attached hydrogens (tertiary/aromatic N) is 3. The lowest BCUT2D eigenvalue weighted by atomic mass is 10.1. The molecule has 0 amide bonds. The van der Waals surface area contributed by atoms with Gasteiger partial charge in [0.1, 0.15) is 5.69 Å². The number of ketones is 1. The molecule has 0 aliphatic rings. The third kappa shape index (κ3) is 2.30. The number of aliphatic hydroxyl groups is 1. The van der Waals surface area contributed by atoms with E-state index in [-0.39, 0.29) is 18.1 Å². The molecule has 0 fully saturated rings. The van der Waals surface area contributed by atoms with Crippen LogP contribution in [0.15, 0.2) is 18.6 Å². The van der Waals surface area contributed by atoms with Crippen LogP contribution in [0.5, 0.6) is 0 Å². The zero-order valence-corrected chi connectivity index (χ0v) is 11.8. The zero-order valence-electron chi connectivity index (χ0n) is 11.8. The number of Topliss-reactive ketones (excluding diaryl/α,β-unsaturated/α-hetero) is 1. The Morgan fingerprint density at radius 1 is 1.50 bits per heavy atom. The Kier molecular flexibility index (Phi) is 3.85. The van der Waals surface area contributed by atoms with Crippen molar-refractivity contribution in [1.82, 2.24) is 14.1 Å². The van der Waals surface area contributed by atoms with Gasteiger partial charge in [-0.1, -0.05) is 0 Å². The largest absolute Gasteiger partial charge is 0.390 e. The van der Waals surface area contributed by atoms with Crippen molar-refractivity contribution in [2.24, 2.45) is 7.05 Å². The summed E-state index contributed by atoms with van der Waals surface area (Å²) in [6.45, 7) is 3.83. The highest BCUT2D eigenvalue weighted by Gasteiger charge is 2.18. The quantitative estimate of drug-likeness (QED) is 0.639. The van der Waals surface area contributed by atoms with E-state index in [0.717, 1.165) is 11.3 Å². The van der Waals surface area contributed by atoms with Crippen LogP contribution in [0.1, 0.15) is 30.0 Å². The van der Waals surface area contributed by atoms with Gasteiger partial charge in [-0.25, -0.2) is 4.98 Å². The topological polar surface area (TPSA) is 83.9 Å². The first-order chi connectivity index (χ1) is 9.49. The van der Waals surface area contributed by atoms with Crippen molar-refractivity contribution in [2.75, 3.05) is 6.61 Å². The Hall–Kier alpha value is -2.21. The van der Waals surface area contributed by atoms with Gasteiger partial charge < -0.3 is 19.7 Å². The average Bonchev–Trinajstić information content (AvgIpc) is 3.00. The summed E-state index contributed by atoms with van der Waals surface area (Å²) >= 11 is 0. The minimum Gasteiger partial charge on any atom is -0.390 e. The molecule has 0 unspecified atom stereocenters. The predicted molar refractivity (Wildman–Crippen MR) is 76.2 cm³/mol. The molecule has 0 bridgehead atoms. The summed E-state index contributed by atoms with van der Waals surface area (Å²) in [4.78, 5) is 15.8. The van der Waals surface area contributed by atoms with E-state index in [0.29, 0.717) is 17.9 Å². The van der Waals surface area contributed by atoms with Gasteiger partial charge in [0.05, 0.1) is 30.0 Å². The molecule has 2 rings (SSSR count). The number of aromatic nitrogens is 3. The fourth-order valence-electron chi connectivity index (χ4n) is 2.27. The summed E-state index contributed by atoms with van der Waals surface area (Å²) in [5, 5.41) is 16.9. The van der Waals surface area contributed by atoms with Crippen molar-refractivity contribution in [3.8, 4) is 11.3 Å². The van der Waals surface area contributed by atoms with Crippen LogP contribution in [0.25, 0.3) is 11.3 Å². The lowest BCUT2D eigenvalue weighted by molar-refractivity contribution is 0.100. The molecule has 6 heteroatoms. The molecule has 2 N–H and O–H groups in total. The van der Waals surface area contributed by atoms with Gasteiger partial charge in [-0.2, -0.15) is 0 Å². The van der Waals surface area contributed by atoms with Gasteiger partial charge in [0.2, 0.25) is 0 Å². The minimum absolute atomic E-state index is 0.000877. The summed E-state index contributed by atoms with van der Waals surface area (Å²) in [6.07, 6.45) is 3.48. The maximum Gasteiger partial charge on any atom is 0.176 e. The van der Waals surface area contributed by atoms with Crippen LogP contribution >= 0.6 is 0 Å². The summed E-state index contributed by atoms with van der Waals surface area (Å²) in [5.41, 5.74) is 2.70. The fourth-order valence-corrected chi connectivity index (χ4v) is 2.27. The SMILES string of the molecule is CCn1cc(-c2c(C(=N)CO)ncn2C)cc1C(C)=O. The van der Waals surface area contributed by atoms with Crippen molar-refractivity contribution < 1.29 is 9.90 Å². The molecular formula is C14H18N4O2. The summed E-state index contributed by atoms with van der Waals surface area (Å²) in [6, 6.07) is 1.80. The molecule has 2 aromatic heterocycles.